The Balaban J connectivity index is 1.60. The Morgan fingerprint density at radius 3 is 2.45 bits per heavy atom. The first kappa shape index (κ1) is 20.2. The number of rotatable bonds is 4. The quantitative estimate of drug-likeness (QED) is 0.761. The Morgan fingerprint density at radius 1 is 1.00 bits per heavy atom. The van der Waals surface area contributed by atoms with E-state index in [0.717, 1.165) is 38.8 Å². The number of carbonyl (C=O) groups excluding carboxylic acids is 1. The van der Waals surface area contributed by atoms with E-state index >= 15 is 0 Å². The van der Waals surface area contributed by atoms with Crippen molar-refractivity contribution in [3.8, 4) is 0 Å². The number of amides is 2. The predicted molar refractivity (Wildman–Crippen MR) is 120 cm³/mol. The van der Waals surface area contributed by atoms with E-state index in [1.807, 2.05) is 0 Å². The van der Waals surface area contributed by atoms with Crippen molar-refractivity contribution < 1.29 is 4.79 Å². The van der Waals surface area contributed by atoms with E-state index in [1.165, 1.54) is 35.6 Å². The minimum absolute atomic E-state index is 0.0652. The molecule has 2 aromatic carbocycles. The van der Waals surface area contributed by atoms with Crippen LogP contribution in [0.3, 0.4) is 0 Å². The van der Waals surface area contributed by atoms with Crippen LogP contribution in [0, 0.1) is 0 Å². The van der Waals surface area contributed by atoms with Crippen molar-refractivity contribution in [2.45, 2.75) is 70.0 Å². The minimum Gasteiger partial charge on any atom is -0.335 e. The molecule has 2 aromatic rings. The highest BCUT2D eigenvalue weighted by Crippen LogP contribution is 2.33. The molecule has 0 spiro atoms. The predicted octanol–water partition coefficient (Wildman–Crippen LogP) is 5.34. The third-order valence-corrected chi connectivity index (χ3v) is 6.94. The third kappa shape index (κ3) is 4.58. The summed E-state index contributed by atoms with van der Waals surface area (Å²) in [7, 11) is 2.16. The maximum atomic E-state index is 13.5. The highest BCUT2D eigenvalue weighted by molar-refractivity contribution is 5.86. The standard InChI is InChI=1S/C25H35N3O/c1-19(23-14-8-10-20-9-6-7-13-24(20)23)28(22-11-4-3-5-12-22)25(29)26-21-15-17-27(2)18-16-21/h6-10,13-14,19,21-22H,3-5,11-12,15-18H2,1-2H3,(H,26,29). The molecule has 1 aliphatic carbocycles. The second-order valence-corrected chi connectivity index (χ2v) is 8.97. The number of nitrogens with one attached hydrogen (secondary N) is 1. The van der Waals surface area contributed by atoms with Crippen molar-refractivity contribution in [1.82, 2.24) is 15.1 Å². The summed E-state index contributed by atoms with van der Waals surface area (Å²) in [6.07, 6.45) is 8.08. The number of urea groups is 1. The smallest absolute Gasteiger partial charge is 0.318 e. The summed E-state index contributed by atoms with van der Waals surface area (Å²) in [6.45, 7) is 4.34. The van der Waals surface area contributed by atoms with Gasteiger partial charge >= 0.3 is 6.03 Å². The molecular formula is C25H35N3O. The van der Waals surface area contributed by atoms with E-state index in [0.29, 0.717) is 12.1 Å². The van der Waals surface area contributed by atoms with Crippen LogP contribution in [0.4, 0.5) is 4.79 Å². The zero-order valence-corrected chi connectivity index (χ0v) is 17.9. The Kier molecular flexibility index (Phi) is 6.39. The van der Waals surface area contributed by atoms with Crippen LogP contribution in [0.25, 0.3) is 10.8 Å². The topological polar surface area (TPSA) is 35.6 Å². The van der Waals surface area contributed by atoms with Crippen LogP contribution in [-0.4, -0.2) is 48.1 Å². The average molecular weight is 394 g/mol. The number of piperidine rings is 1. The van der Waals surface area contributed by atoms with Crippen LogP contribution in [0.1, 0.15) is 63.5 Å². The lowest BCUT2D eigenvalue weighted by Crippen LogP contribution is -2.52. The van der Waals surface area contributed by atoms with Gasteiger partial charge in [0.05, 0.1) is 6.04 Å². The fourth-order valence-corrected chi connectivity index (χ4v) is 5.18. The SMILES string of the molecule is CC(c1cccc2ccccc12)N(C(=O)NC1CCN(C)CC1)C1CCCCC1. The molecule has 156 valence electrons. The molecule has 4 nitrogen and oxygen atoms in total. The molecule has 1 heterocycles. The molecular weight excluding hydrogens is 358 g/mol. The van der Waals surface area contributed by atoms with E-state index < -0.39 is 0 Å². The van der Waals surface area contributed by atoms with Crippen molar-refractivity contribution in [1.29, 1.82) is 0 Å². The first-order valence-corrected chi connectivity index (χ1v) is 11.4. The fraction of sp³-hybridized carbons (Fsp3) is 0.560. The van der Waals surface area contributed by atoms with Gasteiger partial charge in [-0.25, -0.2) is 4.79 Å². The molecule has 1 aliphatic heterocycles. The second kappa shape index (κ2) is 9.17. The van der Waals surface area contributed by atoms with Gasteiger partial charge in [-0.05, 0) is 69.1 Å². The lowest BCUT2D eigenvalue weighted by molar-refractivity contribution is 0.122. The van der Waals surface area contributed by atoms with Gasteiger partial charge in [-0.2, -0.15) is 0 Å². The number of fused-ring (bicyclic) bond motifs is 1. The van der Waals surface area contributed by atoms with Gasteiger partial charge in [0, 0.05) is 12.1 Å². The molecule has 0 aromatic heterocycles. The van der Waals surface area contributed by atoms with E-state index in [-0.39, 0.29) is 12.1 Å². The molecule has 1 saturated carbocycles. The Hall–Kier alpha value is -2.07. The monoisotopic (exact) mass is 393 g/mol. The van der Waals surface area contributed by atoms with Crippen LogP contribution in [0.2, 0.25) is 0 Å². The van der Waals surface area contributed by atoms with Crippen LogP contribution in [0.5, 0.6) is 0 Å². The van der Waals surface area contributed by atoms with Crippen molar-refractivity contribution in [2.24, 2.45) is 0 Å². The molecule has 1 N–H and O–H groups in total. The van der Waals surface area contributed by atoms with Gasteiger partial charge in [-0.3, -0.25) is 0 Å². The number of benzene rings is 2. The third-order valence-electron chi connectivity index (χ3n) is 6.94. The lowest BCUT2D eigenvalue weighted by atomic mass is 9.91. The summed E-state index contributed by atoms with van der Waals surface area (Å²) in [5.74, 6) is 0. The summed E-state index contributed by atoms with van der Waals surface area (Å²) in [6, 6.07) is 15.9. The first-order chi connectivity index (χ1) is 14.1. The van der Waals surface area contributed by atoms with E-state index in [1.54, 1.807) is 0 Å². The fourth-order valence-electron chi connectivity index (χ4n) is 5.18. The van der Waals surface area contributed by atoms with Crippen molar-refractivity contribution >= 4 is 16.8 Å². The molecule has 0 bridgehead atoms. The Labute approximate surface area is 175 Å². The summed E-state index contributed by atoms with van der Waals surface area (Å²) in [5, 5.41) is 5.90. The highest BCUT2D eigenvalue weighted by Gasteiger charge is 2.32. The van der Waals surface area contributed by atoms with Crippen LogP contribution < -0.4 is 5.32 Å². The van der Waals surface area contributed by atoms with Crippen molar-refractivity contribution in [3.05, 3.63) is 48.0 Å². The van der Waals surface area contributed by atoms with Crippen LogP contribution >= 0.6 is 0 Å². The van der Waals surface area contributed by atoms with Crippen molar-refractivity contribution in [3.63, 3.8) is 0 Å². The summed E-state index contributed by atoms with van der Waals surface area (Å²) in [5.41, 5.74) is 1.26. The van der Waals surface area contributed by atoms with E-state index in [2.05, 4.69) is 71.6 Å². The van der Waals surface area contributed by atoms with E-state index in [9.17, 15) is 4.79 Å². The summed E-state index contributed by atoms with van der Waals surface area (Å²) < 4.78 is 0. The minimum atomic E-state index is 0.0652. The molecule has 2 aliphatic rings. The van der Waals surface area contributed by atoms with Gasteiger partial charge < -0.3 is 15.1 Å². The second-order valence-electron chi connectivity index (χ2n) is 8.97. The number of carbonyl (C=O) groups is 1. The Morgan fingerprint density at radius 2 is 1.69 bits per heavy atom. The van der Waals surface area contributed by atoms with Gasteiger partial charge in [0.25, 0.3) is 0 Å². The zero-order chi connectivity index (χ0) is 20.2. The maximum Gasteiger partial charge on any atom is 0.318 e. The molecule has 1 saturated heterocycles. The number of hydrogen-bond acceptors (Lipinski definition) is 2. The van der Waals surface area contributed by atoms with Gasteiger partial charge in [-0.15, -0.1) is 0 Å². The first-order valence-electron chi connectivity index (χ1n) is 11.4. The van der Waals surface area contributed by atoms with Crippen LogP contribution in [0.15, 0.2) is 42.5 Å². The molecule has 2 fully saturated rings. The van der Waals surface area contributed by atoms with Crippen molar-refractivity contribution in [2.75, 3.05) is 20.1 Å². The van der Waals surface area contributed by atoms with Gasteiger partial charge in [0.15, 0.2) is 0 Å². The highest BCUT2D eigenvalue weighted by atomic mass is 16.2. The lowest BCUT2D eigenvalue weighted by Gasteiger charge is -2.40. The number of likely N-dealkylation sites (tertiary alicyclic amines) is 1. The average Bonchev–Trinajstić information content (AvgIpc) is 2.76. The number of nitrogens with zero attached hydrogens (tertiary/aromatic N) is 2. The molecule has 1 unspecified atom stereocenters. The van der Waals surface area contributed by atoms with E-state index in [4.69, 9.17) is 0 Å². The molecule has 2 amide bonds. The van der Waals surface area contributed by atoms with Gasteiger partial charge in [-0.1, -0.05) is 61.7 Å². The van der Waals surface area contributed by atoms with Gasteiger partial charge in [0.2, 0.25) is 0 Å². The molecule has 1 atom stereocenters. The molecule has 29 heavy (non-hydrogen) atoms. The normalized spacial score (nSPS) is 20.5. The van der Waals surface area contributed by atoms with Crippen LogP contribution in [-0.2, 0) is 0 Å². The van der Waals surface area contributed by atoms with Gasteiger partial charge in [0.1, 0.15) is 0 Å². The summed E-state index contributed by atoms with van der Waals surface area (Å²) >= 11 is 0. The maximum absolute atomic E-state index is 13.5. The molecule has 4 heteroatoms. The molecule has 0 radical (unpaired) electrons. The summed E-state index contributed by atoms with van der Waals surface area (Å²) in [4.78, 5) is 18.1. The Bertz CT molecular complexity index is 816. The number of hydrogen-bond donors (Lipinski definition) is 1. The molecule has 4 rings (SSSR count). The largest absolute Gasteiger partial charge is 0.335 e. The zero-order valence-electron chi connectivity index (χ0n) is 17.9.